The van der Waals surface area contributed by atoms with Crippen molar-refractivity contribution in [3.8, 4) is 0 Å². The molecule has 10 heteroatoms. The number of hydrogen-bond donors (Lipinski definition) is 3. The second kappa shape index (κ2) is 4.12. The summed E-state index contributed by atoms with van der Waals surface area (Å²) in [6.07, 6.45) is -5.11. The molecule has 0 aromatic carbocycles. The van der Waals surface area contributed by atoms with Gasteiger partial charge in [0.1, 0.15) is 10.2 Å². The molecule has 0 fully saturated rings. The first-order valence-electron chi connectivity index (χ1n) is 3.58. The van der Waals surface area contributed by atoms with E-state index in [0.717, 1.165) is 0 Å². The number of H-pyrrole nitrogens is 1. The van der Waals surface area contributed by atoms with Crippen molar-refractivity contribution in [1.82, 2.24) is 10.2 Å². The molecule has 1 rings (SSSR count). The van der Waals surface area contributed by atoms with Gasteiger partial charge < -0.3 is 10.4 Å². The summed E-state index contributed by atoms with van der Waals surface area (Å²) in [5.41, 5.74) is -0.586. The van der Waals surface area contributed by atoms with E-state index in [-0.39, 0.29) is 4.60 Å². The largest absolute Gasteiger partial charge is 0.477 e. The molecule has 16 heavy (non-hydrogen) atoms. The highest BCUT2D eigenvalue weighted by atomic mass is 79.9. The molecule has 88 valence electrons. The molecular weight excluding hydrogens is 299 g/mol. The van der Waals surface area contributed by atoms with Crippen molar-refractivity contribution in [2.24, 2.45) is 0 Å². The van der Waals surface area contributed by atoms with Gasteiger partial charge in [0.25, 0.3) is 0 Å². The van der Waals surface area contributed by atoms with Crippen LogP contribution in [0.15, 0.2) is 4.60 Å². The number of anilines is 1. The number of halogens is 4. The fraction of sp³-hybridized carbons (Fsp3) is 0.167. The summed E-state index contributed by atoms with van der Waals surface area (Å²) in [5, 5.41) is 15.2. The van der Waals surface area contributed by atoms with Crippen molar-refractivity contribution < 1.29 is 27.9 Å². The zero-order valence-electron chi connectivity index (χ0n) is 7.22. The number of carbonyl (C=O) groups is 2. The van der Waals surface area contributed by atoms with Crippen LogP contribution in [0.2, 0.25) is 0 Å². The molecule has 3 N–H and O–H groups in total. The number of aromatic carboxylic acids is 1. The molecule has 1 amide bonds. The number of carboxylic acid groups (broad SMARTS) is 1. The van der Waals surface area contributed by atoms with Gasteiger partial charge in [-0.1, -0.05) is 0 Å². The minimum Gasteiger partial charge on any atom is -0.477 e. The Balaban J connectivity index is 2.99. The number of aromatic amines is 1. The van der Waals surface area contributed by atoms with Crippen molar-refractivity contribution >= 4 is 33.6 Å². The van der Waals surface area contributed by atoms with Crippen molar-refractivity contribution in [1.29, 1.82) is 0 Å². The van der Waals surface area contributed by atoms with Crippen LogP contribution in [0.25, 0.3) is 0 Å². The Morgan fingerprint density at radius 1 is 1.44 bits per heavy atom. The first kappa shape index (κ1) is 12.5. The van der Waals surface area contributed by atoms with Gasteiger partial charge in [0, 0.05) is 0 Å². The third-order valence-corrected chi connectivity index (χ3v) is 2.00. The fourth-order valence-corrected chi connectivity index (χ4v) is 1.23. The summed E-state index contributed by atoms with van der Waals surface area (Å²) < 4.78 is 35.5. The molecule has 6 nitrogen and oxygen atoms in total. The van der Waals surface area contributed by atoms with E-state index < -0.39 is 29.4 Å². The van der Waals surface area contributed by atoms with E-state index in [1.165, 1.54) is 5.32 Å². The monoisotopic (exact) mass is 301 g/mol. The maximum absolute atomic E-state index is 11.9. The molecule has 0 radical (unpaired) electrons. The highest BCUT2D eigenvalue weighted by Crippen LogP contribution is 2.24. The summed E-state index contributed by atoms with van der Waals surface area (Å²) in [7, 11) is 0. The molecule has 0 aliphatic carbocycles. The first-order chi connectivity index (χ1) is 7.23. The van der Waals surface area contributed by atoms with E-state index in [4.69, 9.17) is 5.11 Å². The number of carbonyl (C=O) groups excluding carboxylic acids is 1. The highest BCUT2D eigenvalue weighted by Gasteiger charge is 2.40. The number of nitrogens with one attached hydrogen (secondary N) is 2. The van der Waals surface area contributed by atoms with E-state index in [9.17, 15) is 22.8 Å². The molecule has 0 spiro atoms. The van der Waals surface area contributed by atoms with Gasteiger partial charge in [-0.25, -0.2) is 4.79 Å². The van der Waals surface area contributed by atoms with Gasteiger partial charge in [-0.2, -0.15) is 18.3 Å². The Bertz CT molecular complexity index is 442. The Labute approximate surface area is 94.0 Å². The van der Waals surface area contributed by atoms with Crippen LogP contribution in [0.3, 0.4) is 0 Å². The van der Waals surface area contributed by atoms with Crippen LogP contribution in [0.5, 0.6) is 0 Å². The lowest BCUT2D eigenvalue weighted by molar-refractivity contribution is -0.167. The topological polar surface area (TPSA) is 95.1 Å². The maximum Gasteiger partial charge on any atom is 0.471 e. The van der Waals surface area contributed by atoms with Crippen LogP contribution in [-0.4, -0.2) is 33.4 Å². The molecule has 0 saturated heterocycles. The van der Waals surface area contributed by atoms with E-state index in [1.54, 1.807) is 0 Å². The summed E-state index contributed by atoms with van der Waals surface area (Å²) in [4.78, 5) is 21.1. The fourth-order valence-electron chi connectivity index (χ4n) is 0.785. The molecule has 0 saturated carbocycles. The second-order valence-corrected chi connectivity index (χ2v) is 3.31. The van der Waals surface area contributed by atoms with Gasteiger partial charge >= 0.3 is 18.1 Å². The smallest absolute Gasteiger partial charge is 0.471 e. The maximum atomic E-state index is 11.9. The number of hydrogen-bond acceptors (Lipinski definition) is 3. The summed E-state index contributed by atoms with van der Waals surface area (Å²) >= 11 is 2.73. The van der Waals surface area contributed by atoms with Gasteiger partial charge in [-0.3, -0.25) is 9.89 Å². The van der Waals surface area contributed by atoms with Crippen LogP contribution in [0, 0.1) is 0 Å². The average Bonchev–Trinajstić information content (AvgIpc) is 2.45. The molecule has 1 aromatic heterocycles. The molecule has 0 bridgehead atoms. The van der Waals surface area contributed by atoms with Gasteiger partial charge in [0.15, 0.2) is 5.82 Å². The van der Waals surface area contributed by atoms with Crippen LogP contribution < -0.4 is 5.32 Å². The minimum absolute atomic E-state index is 0.141. The zero-order valence-corrected chi connectivity index (χ0v) is 8.81. The number of nitrogens with zero attached hydrogens (tertiary/aromatic N) is 1. The standard InChI is InChI=1S/C6H3BrF3N3O3/c7-2-1(4(14)15)3(13-12-2)11-5(16)6(8,9)10/h(H,14,15)(H2,11,12,13,16). The third kappa shape index (κ3) is 2.51. The van der Waals surface area contributed by atoms with Crippen LogP contribution in [0.1, 0.15) is 10.4 Å². The number of carboxylic acids is 1. The van der Waals surface area contributed by atoms with Gasteiger partial charge in [0.05, 0.1) is 0 Å². The van der Waals surface area contributed by atoms with Gasteiger partial charge in [-0.05, 0) is 15.9 Å². The predicted molar refractivity (Wildman–Crippen MR) is 47.9 cm³/mol. The number of amides is 1. The van der Waals surface area contributed by atoms with E-state index >= 15 is 0 Å². The Morgan fingerprint density at radius 3 is 2.44 bits per heavy atom. The SMILES string of the molecule is O=C(O)c1c(NC(=O)C(F)(F)F)n[nH]c1Br. The van der Waals surface area contributed by atoms with E-state index in [2.05, 4.69) is 26.1 Å². The number of alkyl halides is 3. The lowest BCUT2D eigenvalue weighted by atomic mass is 10.3. The molecule has 0 aliphatic heterocycles. The van der Waals surface area contributed by atoms with E-state index in [1.807, 2.05) is 0 Å². The Kier molecular flexibility index (Phi) is 3.21. The quantitative estimate of drug-likeness (QED) is 0.769. The van der Waals surface area contributed by atoms with Crippen LogP contribution in [0.4, 0.5) is 19.0 Å². The molecule has 0 atom stereocenters. The third-order valence-electron chi connectivity index (χ3n) is 1.43. The lowest BCUT2D eigenvalue weighted by Gasteiger charge is -2.05. The van der Waals surface area contributed by atoms with Crippen LogP contribution in [-0.2, 0) is 4.79 Å². The van der Waals surface area contributed by atoms with Gasteiger partial charge in [0.2, 0.25) is 0 Å². The first-order valence-corrected chi connectivity index (χ1v) is 4.38. The van der Waals surface area contributed by atoms with Crippen molar-refractivity contribution in [3.63, 3.8) is 0 Å². The normalized spacial score (nSPS) is 11.2. The van der Waals surface area contributed by atoms with Crippen LogP contribution >= 0.6 is 15.9 Å². The van der Waals surface area contributed by atoms with E-state index in [0.29, 0.717) is 0 Å². The second-order valence-electron chi connectivity index (χ2n) is 2.52. The predicted octanol–water partition coefficient (Wildman–Crippen LogP) is 1.37. The number of rotatable bonds is 2. The minimum atomic E-state index is -5.11. The zero-order chi connectivity index (χ0) is 12.5. The average molecular weight is 302 g/mol. The molecule has 1 aromatic rings. The molecule has 1 heterocycles. The number of aromatic nitrogens is 2. The Hall–Kier alpha value is -1.58. The lowest BCUT2D eigenvalue weighted by Crippen LogP contribution is -2.30. The molecular formula is C6H3BrF3N3O3. The van der Waals surface area contributed by atoms with Crippen molar-refractivity contribution in [2.75, 3.05) is 5.32 Å². The van der Waals surface area contributed by atoms with Gasteiger partial charge in [-0.15, -0.1) is 0 Å². The summed E-state index contributed by atoms with van der Waals surface area (Å²) in [6, 6.07) is 0. The Morgan fingerprint density at radius 2 is 2.00 bits per heavy atom. The van der Waals surface area contributed by atoms with Crippen molar-refractivity contribution in [3.05, 3.63) is 10.2 Å². The molecule has 0 unspecified atom stereocenters. The highest BCUT2D eigenvalue weighted by molar-refractivity contribution is 9.10. The summed E-state index contributed by atoms with van der Waals surface area (Å²) in [6.45, 7) is 0. The van der Waals surface area contributed by atoms with Crippen molar-refractivity contribution in [2.45, 2.75) is 6.18 Å². The molecule has 0 aliphatic rings. The summed E-state index contributed by atoms with van der Waals surface area (Å²) in [5.74, 6) is -4.53.